The van der Waals surface area contributed by atoms with Crippen molar-refractivity contribution >= 4 is 26.5 Å². The van der Waals surface area contributed by atoms with Gasteiger partial charge in [0.15, 0.2) is 4.96 Å². The zero-order chi connectivity index (χ0) is 17.0. The molecule has 4 nitrogen and oxygen atoms in total. The predicted octanol–water partition coefficient (Wildman–Crippen LogP) is 4.49. The molecule has 1 aliphatic heterocycles. The molecule has 0 amide bonds. The van der Waals surface area contributed by atoms with E-state index >= 15 is 0 Å². The Morgan fingerprint density at radius 1 is 1.24 bits per heavy atom. The molecule has 0 bridgehead atoms. The molecule has 6 heteroatoms. The maximum Gasteiger partial charge on any atom is 0.195 e. The van der Waals surface area contributed by atoms with Crippen LogP contribution in [0.3, 0.4) is 0 Å². The van der Waals surface area contributed by atoms with E-state index in [4.69, 9.17) is 0 Å². The quantitative estimate of drug-likeness (QED) is 0.558. The monoisotopic (exact) mass is 353 g/mol. The van der Waals surface area contributed by atoms with E-state index in [1.54, 1.807) is 18.2 Å². The Hall–Kier alpha value is -2.44. The van der Waals surface area contributed by atoms with Crippen LogP contribution in [0.15, 0.2) is 42.6 Å². The van der Waals surface area contributed by atoms with Gasteiger partial charge in [0.1, 0.15) is 11.6 Å². The molecule has 5 rings (SSSR count). The number of phenolic OH excluding ortho intramolecular Hbond substituents is 1. The zero-order valence-corrected chi connectivity index (χ0v) is 14.2. The summed E-state index contributed by atoms with van der Waals surface area (Å²) in [5.74, 6) is -0.0360. The van der Waals surface area contributed by atoms with Crippen molar-refractivity contribution < 1.29 is 9.50 Å². The van der Waals surface area contributed by atoms with Crippen molar-refractivity contribution in [3.05, 3.63) is 54.0 Å². The van der Waals surface area contributed by atoms with E-state index in [1.165, 1.54) is 11.3 Å². The predicted molar refractivity (Wildman–Crippen MR) is 97.6 cm³/mol. The molecule has 1 saturated heterocycles. The molecule has 1 atom stereocenters. The molecule has 1 aliphatic rings. The van der Waals surface area contributed by atoms with E-state index in [1.807, 2.05) is 28.8 Å². The van der Waals surface area contributed by atoms with Crippen LogP contribution in [0.1, 0.15) is 24.4 Å². The molecular weight excluding hydrogens is 337 g/mol. The molecule has 126 valence electrons. The van der Waals surface area contributed by atoms with E-state index in [2.05, 4.69) is 10.3 Å². The minimum absolute atomic E-state index is 0.210. The number of aromatic nitrogens is 2. The highest BCUT2D eigenvalue weighted by Crippen LogP contribution is 2.33. The van der Waals surface area contributed by atoms with Crippen LogP contribution in [0.5, 0.6) is 5.75 Å². The summed E-state index contributed by atoms with van der Waals surface area (Å²) in [5.41, 5.74) is 2.99. The van der Waals surface area contributed by atoms with Crippen molar-refractivity contribution in [1.29, 1.82) is 0 Å². The molecule has 3 heterocycles. The number of hydrogen-bond acceptors (Lipinski definition) is 4. The summed E-state index contributed by atoms with van der Waals surface area (Å²) in [4.78, 5) is 5.37. The van der Waals surface area contributed by atoms with Crippen molar-refractivity contribution in [3.8, 4) is 17.0 Å². The Morgan fingerprint density at radius 2 is 2.16 bits per heavy atom. The van der Waals surface area contributed by atoms with Crippen LogP contribution in [-0.2, 0) is 0 Å². The average Bonchev–Trinajstić information content (AvgIpc) is 3.30. The molecule has 4 aromatic rings. The van der Waals surface area contributed by atoms with Crippen molar-refractivity contribution in [3.63, 3.8) is 0 Å². The molecule has 0 spiro atoms. The van der Waals surface area contributed by atoms with Crippen LogP contribution in [0, 0.1) is 5.82 Å². The second-order valence-electron chi connectivity index (χ2n) is 6.42. The standard InChI is InChI=1S/C19H16FN3OS/c20-14-8-11(15-2-1-7-21-15)3-5-13(14)16-10-23-17-9-12(24)4-6-18(17)25-19(23)22-16/h3-6,8-10,15,21,24H,1-2,7H2. The smallest absolute Gasteiger partial charge is 0.195 e. The highest BCUT2D eigenvalue weighted by molar-refractivity contribution is 7.23. The van der Waals surface area contributed by atoms with Gasteiger partial charge in [0.25, 0.3) is 0 Å². The Kier molecular flexibility index (Phi) is 3.29. The molecule has 1 fully saturated rings. The van der Waals surface area contributed by atoms with E-state index in [-0.39, 0.29) is 17.6 Å². The summed E-state index contributed by atoms with van der Waals surface area (Å²) in [6, 6.07) is 10.9. The maximum atomic E-state index is 14.7. The number of nitrogens with one attached hydrogen (secondary N) is 1. The van der Waals surface area contributed by atoms with Gasteiger partial charge in [-0.25, -0.2) is 9.37 Å². The summed E-state index contributed by atoms with van der Waals surface area (Å²) in [6.45, 7) is 0.991. The lowest BCUT2D eigenvalue weighted by atomic mass is 10.0. The topological polar surface area (TPSA) is 49.6 Å². The Morgan fingerprint density at radius 3 is 2.96 bits per heavy atom. The fourth-order valence-corrected chi connectivity index (χ4v) is 4.53. The Bertz CT molecular complexity index is 1090. The molecule has 1 unspecified atom stereocenters. The second-order valence-corrected chi connectivity index (χ2v) is 7.43. The third-order valence-electron chi connectivity index (χ3n) is 4.81. The van der Waals surface area contributed by atoms with Crippen LogP contribution >= 0.6 is 11.3 Å². The van der Waals surface area contributed by atoms with Gasteiger partial charge in [0.05, 0.1) is 15.9 Å². The first kappa shape index (κ1) is 14.9. The first-order chi connectivity index (χ1) is 12.2. The molecule has 0 aliphatic carbocycles. The summed E-state index contributed by atoms with van der Waals surface area (Å²) in [7, 11) is 0. The summed E-state index contributed by atoms with van der Waals surface area (Å²) in [6.07, 6.45) is 4.01. The highest BCUT2D eigenvalue weighted by atomic mass is 32.1. The van der Waals surface area contributed by atoms with Crippen LogP contribution in [0.4, 0.5) is 4.39 Å². The summed E-state index contributed by atoms with van der Waals surface area (Å²) >= 11 is 1.52. The molecule has 2 aromatic heterocycles. The van der Waals surface area contributed by atoms with Gasteiger partial charge < -0.3 is 10.4 Å². The van der Waals surface area contributed by atoms with E-state index < -0.39 is 0 Å². The van der Waals surface area contributed by atoms with Gasteiger partial charge in [-0.2, -0.15) is 0 Å². The third-order valence-corrected chi connectivity index (χ3v) is 5.84. The number of rotatable bonds is 2. The number of halogens is 1. The van der Waals surface area contributed by atoms with Crippen molar-refractivity contribution in [1.82, 2.24) is 14.7 Å². The third kappa shape index (κ3) is 2.41. The lowest BCUT2D eigenvalue weighted by Crippen LogP contribution is -2.12. The molecule has 25 heavy (non-hydrogen) atoms. The number of nitrogens with zero attached hydrogens (tertiary/aromatic N) is 2. The summed E-state index contributed by atoms with van der Waals surface area (Å²) < 4.78 is 17.6. The molecular formula is C19H16FN3OS. The number of thiazole rings is 1. The average molecular weight is 353 g/mol. The second kappa shape index (κ2) is 5.54. The highest BCUT2D eigenvalue weighted by Gasteiger charge is 2.19. The number of phenols is 1. The van der Waals surface area contributed by atoms with Gasteiger partial charge in [-0.1, -0.05) is 17.4 Å². The van der Waals surface area contributed by atoms with Crippen molar-refractivity contribution in [2.75, 3.05) is 6.54 Å². The fraction of sp³-hybridized carbons (Fsp3) is 0.211. The first-order valence-electron chi connectivity index (χ1n) is 8.33. The number of aromatic hydroxyl groups is 1. The lowest BCUT2D eigenvalue weighted by Gasteiger charge is -2.11. The van der Waals surface area contributed by atoms with Crippen LogP contribution < -0.4 is 5.32 Å². The maximum absolute atomic E-state index is 14.7. The number of imidazole rings is 1. The van der Waals surface area contributed by atoms with E-state index in [0.29, 0.717) is 11.3 Å². The number of fused-ring (bicyclic) bond motifs is 3. The van der Waals surface area contributed by atoms with Gasteiger partial charge in [-0.15, -0.1) is 0 Å². The Balaban J connectivity index is 1.59. The normalized spacial score (nSPS) is 17.7. The fourth-order valence-electron chi connectivity index (χ4n) is 3.54. The van der Waals surface area contributed by atoms with Crippen LogP contribution in [-0.4, -0.2) is 21.0 Å². The molecule has 0 radical (unpaired) electrons. The van der Waals surface area contributed by atoms with Gasteiger partial charge in [-0.05, 0) is 49.2 Å². The van der Waals surface area contributed by atoms with E-state index in [0.717, 1.165) is 40.1 Å². The summed E-state index contributed by atoms with van der Waals surface area (Å²) in [5, 5.41) is 13.1. The van der Waals surface area contributed by atoms with Gasteiger partial charge in [-0.3, -0.25) is 4.40 Å². The Labute approximate surface area is 147 Å². The molecule has 2 N–H and O–H groups in total. The first-order valence-corrected chi connectivity index (χ1v) is 9.14. The van der Waals surface area contributed by atoms with Gasteiger partial charge >= 0.3 is 0 Å². The lowest BCUT2D eigenvalue weighted by molar-refractivity contribution is 0.476. The minimum atomic E-state index is -0.246. The zero-order valence-electron chi connectivity index (χ0n) is 13.4. The van der Waals surface area contributed by atoms with Gasteiger partial charge in [0, 0.05) is 23.9 Å². The van der Waals surface area contributed by atoms with Crippen molar-refractivity contribution in [2.45, 2.75) is 18.9 Å². The number of benzene rings is 2. The van der Waals surface area contributed by atoms with Crippen LogP contribution in [0.2, 0.25) is 0 Å². The van der Waals surface area contributed by atoms with Crippen LogP contribution in [0.25, 0.3) is 26.4 Å². The largest absolute Gasteiger partial charge is 0.508 e. The molecule has 2 aromatic carbocycles. The SMILES string of the molecule is Oc1ccc2sc3nc(-c4ccc(C5CCCN5)cc4F)cn3c2c1. The minimum Gasteiger partial charge on any atom is -0.508 e. The van der Waals surface area contributed by atoms with Gasteiger partial charge in [0.2, 0.25) is 0 Å². The van der Waals surface area contributed by atoms with Crippen molar-refractivity contribution in [2.24, 2.45) is 0 Å². The molecule has 0 saturated carbocycles. The van der Waals surface area contributed by atoms with E-state index in [9.17, 15) is 9.50 Å². The number of hydrogen-bond donors (Lipinski definition) is 2.